The highest BCUT2D eigenvalue weighted by Gasteiger charge is 2.17. The number of carbonyl (C=O) groups is 2. The van der Waals surface area contributed by atoms with Crippen molar-refractivity contribution in [2.75, 3.05) is 10.6 Å². The van der Waals surface area contributed by atoms with Gasteiger partial charge in [-0.3, -0.25) is 9.59 Å². The van der Waals surface area contributed by atoms with Crippen molar-refractivity contribution in [3.8, 4) is 0 Å². The maximum absolute atomic E-state index is 12.5. The molecule has 0 radical (unpaired) electrons. The molecule has 2 aromatic rings. The summed E-state index contributed by atoms with van der Waals surface area (Å²) in [6, 6.07) is 6.55. The van der Waals surface area contributed by atoms with E-state index in [2.05, 4.69) is 37.2 Å². The van der Waals surface area contributed by atoms with Gasteiger partial charge in [0, 0.05) is 20.4 Å². The Labute approximate surface area is 141 Å². The molecule has 104 valence electrons. The van der Waals surface area contributed by atoms with Crippen molar-refractivity contribution in [1.29, 1.82) is 0 Å². The molecule has 0 saturated carbocycles. The molecule has 1 heterocycles. The van der Waals surface area contributed by atoms with Crippen molar-refractivity contribution in [2.24, 2.45) is 0 Å². The first-order valence-electron chi connectivity index (χ1n) is 5.45. The highest BCUT2D eigenvalue weighted by Crippen LogP contribution is 2.27. The Hall–Kier alpha value is -0.690. The van der Waals surface area contributed by atoms with E-state index in [0.717, 1.165) is 4.47 Å². The fraction of sp³-hybridized carbons (Fsp3) is 0.0769. The van der Waals surface area contributed by atoms with Crippen LogP contribution in [0.3, 0.4) is 0 Å². The van der Waals surface area contributed by atoms with Crippen LogP contribution in [0.1, 0.15) is 15.2 Å². The highest BCUT2D eigenvalue weighted by atomic mass is 79.9. The van der Waals surface area contributed by atoms with Crippen LogP contribution in [0.4, 0.5) is 5.69 Å². The molecular formula is C13H8Br2ClNO2S. The zero-order valence-electron chi connectivity index (χ0n) is 9.95. The van der Waals surface area contributed by atoms with E-state index in [-0.39, 0.29) is 17.0 Å². The molecule has 0 unspecified atom stereocenters. The summed E-state index contributed by atoms with van der Waals surface area (Å²) in [7, 11) is 0. The molecule has 2 rings (SSSR count). The number of amides is 1. The lowest BCUT2D eigenvalue weighted by Crippen LogP contribution is -2.15. The number of carbonyl (C=O) groups excluding carboxylic acids is 2. The molecule has 0 bridgehead atoms. The zero-order valence-corrected chi connectivity index (χ0v) is 14.7. The van der Waals surface area contributed by atoms with Crippen LogP contribution in [-0.2, 0) is 4.79 Å². The van der Waals surface area contributed by atoms with Gasteiger partial charge in [0.15, 0.2) is 0 Å². The first-order chi connectivity index (χ1) is 9.51. The minimum Gasteiger partial charge on any atom is -0.325 e. The van der Waals surface area contributed by atoms with E-state index in [1.54, 1.807) is 24.3 Å². The van der Waals surface area contributed by atoms with E-state index in [1.807, 2.05) is 5.38 Å². The van der Waals surface area contributed by atoms with Crippen LogP contribution < -0.4 is 5.32 Å². The Morgan fingerprint density at radius 1 is 1.30 bits per heavy atom. The third-order valence-corrected chi connectivity index (χ3v) is 4.85. The minimum absolute atomic E-state index is 0.161. The number of halogens is 3. The second kappa shape index (κ2) is 6.85. The number of anilines is 1. The molecule has 0 fully saturated rings. The fourth-order valence-electron chi connectivity index (χ4n) is 1.56. The fourth-order valence-corrected chi connectivity index (χ4v) is 3.25. The minimum atomic E-state index is -0.228. The van der Waals surface area contributed by atoms with Gasteiger partial charge in [-0.15, -0.1) is 11.3 Å². The third-order valence-electron chi connectivity index (χ3n) is 2.41. The van der Waals surface area contributed by atoms with Crippen molar-refractivity contribution in [1.82, 2.24) is 0 Å². The summed E-state index contributed by atoms with van der Waals surface area (Å²) in [6.45, 7) is 0. The molecule has 20 heavy (non-hydrogen) atoms. The summed E-state index contributed by atoms with van der Waals surface area (Å²) in [5, 5.41) is 5.11. The van der Waals surface area contributed by atoms with Gasteiger partial charge in [0.05, 0.1) is 15.9 Å². The van der Waals surface area contributed by atoms with Crippen LogP contribution in [0.15, 0.2) is 34.1 Å². The molecular weight excluding hydrogens is 429 g/mol. The highest BCUT2D eigenvalue weighted by molar-refractivity contribution is 9.10. The van der Waals surface area contributed by atoms with E-state index in [9.17, 15) is 9.59 Å². The summed E-state index contributed by atoms with van der Waals surface area (Å²) in [4.78, 5) is 24.5. The molecule has 3 nitrogen and oxygen atoms in total. The SMILES string of the molecule is O=C(CBr)Nc1ccc(Cl)cc1C(=O)c1cc(Br)cs1. The first kappa shape index (κ1) is 15.7. The lowest BCUT2D eigenvalue weighted by atomic mass is 10.1. The van der Waals surface area contributed by atoms with Crippen LogP contribution in [0.2, 0.25) is 5.02 Å². The van der Waals surface area contributed by atoms with Gasteiger partial charge in [0.25, 0.3) is 0 Å². The number of benzene rings is 1. The Morgan fingerprint density at radius 3 is 2.65 bits per heavy atom. The molecule has 0 aliphatic rings. The Bertz CT molecular complexity index is 672. The van der Waals surface area contributed by atoms with Crippen molar-refractivity contribution >= 4 is 72.2 Å². The van der Waals surface area contributed by atoms with Gasteiger partial charge < -0.3 is 5.32 Å². The number of alkyl halides is 1. The van der Waals surface area contributed by atoms with Crippen molar-refractivity contribution in [3.05, 3.63) is 49.6 Å². The standard InChI is InChI=1S/C13H8Br2ClNO2S/c14-5-12(18)17-10-2-1-8(16)4-9(10)13(19)11-3-7(15)6-20-11/h1-4,6H,5H2,(H,17,18). The number of nitrogens with one attached hydrogen (secondary N) is 1. The molecule has 1 amide bonds. The monoisotopic (exact) mass is 435 g/mol. The summed E-state index contributed by atoms with van der Waals surface area (Å²) in [5.41, 5.74) is 0.828. The topological polar surface area (TPSA) is 46.2 Å². The molecule has 1 aromatic carbocycles. The second-order valence-corrected chi connectivity index (χ2v) is 6.65. The molecule has 0 spiro atoms. The Kier molecular flexibility index (Phi) is 5.37. The average Bonchev–Trinajstić information content (AvgIpc) is 2.86. The van der Waals surface area contributed by atoms with Crippen molar-refractivity contribution in [2.45, 2.75) is 0 Å². The lowest BCUT2D eigenvalue weighted by Gasteiger charge is -2.09. The maximum Gasteiger partial charge on any atom is 0.235 e. The van der Waals surface area contributed by atoms with Gasteiger partial charge in [-0.05, 0) is 40.2 Å². The molecule has 0 atom stereocenters. The average molecular weight is 438 g/mol. The van der Waals surface area contributed by atoms with Crippen molar-refractivity contribution in [3.63, 3.8) is 0 Å². The molecule has 1 aromatic heterocycles. The molecule has 0 aliphatic heterocycles. The van der Waals surface area contributed by atoms with Gasteiger partial charge in [-0.25, -0.2) is 0 Å². The molecule has 1 N–H and O–H groups in total. The van der Waals surface area contributed by atoms with Gasteiger partial charge in [0.2, 0.25) is 11.7 Å². The number of hydrogen-bond donors (Lipinski definition) is 1. The largest absolute Gasteiger partial charge is 0.325 e. The Morgan fingerprint density at radius 2 is 2.05 bits per heavy atom. The summed E-state index contributed by atoms with van der Waals surface area (Å²) >= 11 is 13.7. The van der Waals surface area contributed by atoms with Crippen LogP contribution >= 0.6 is 54.8 Å². The van der Waals surface area contributed by atoms with Gasteiger partial charge in [-0.1, -0.05) is 27.5 Å². The molecule has 7 heteroatoms. The summed E-state index contributed by atoms with van der Waals surface area (Å²) in [6.07, 6.45) is 0. The molecule has 0 saturated heterocycles. The predicted octanol–water partition coefficient (Wildman–Crippen LogP) is 4.73. The predicted molar refractivity (Wildman–Crippen MR) is 89.3 cm³/mol. The van der Waals surface area contributed by atoms with Crippen LogP contribution in [0, 0.1) is 0 Å². The summed E-state index contributed by atoms with van der Waals surface area (Å²) < 4.78 is 0.846. The van der Waals surface area contributed by atoms with Crippen molar-refractivity contribution < 1.29 is 9.59 Å². The Balaban J connectivity index is 2.41. The van der Waals surface area contributed by atoms with E-state index in [4.69, 9.17) is 11.6 Å². The third kappa shape index (κ3) is 3.69. The maximum atomic E-state index is 12.5. The zero-order chi connectivity index (χ0) is 14.7. The lowest BCUT2D eigenvalue weighted by molar-refractivity contribution is -0.113. The quantitative estimate of drug-likeness (QED) is 0.555. The number of hydrogen-bond acceptors (Lipinski definition) is 3. The van der Waals surface area contributed by atoms with Gasteiger partial charge in [0.1, 0.15) is 0 Å². The van der Waals surface area contributed by atoms with Crippen LogP contribution in [0.25, 0.3) is 0 Å². The second-order valence-electron chi connectivity index (χ2n) is 3.83. The number of ketones is 1. The summed E-state index contributed by atoms with van der Waals surface area (Å²) in [5.74, 6) is -0.401. The van der Waals surface area contributed by atoms with E-state index in [0.29, 0.717) is 21.2 Å². The van der Waals surface area contributed by atoms with E-state index >= 15 is 0 Å². The van der Waals surface area contributed by atoms with Gasteiger partial charge >= 0.3 is 0 Å². The van der Waals surface area contributed by atoms with E-state index in [1.165, 1.54) is 11.3 Å². The van der Waals surface area contributed by atoms with Crippen LogP contribution in [0.5, 0.6) is 0 Å². The number of rotatable bonds is 4. The van der Waals surface area contributed by atoms with Crippen LogP contribution in [-0.4, -0.2) is 17.0 Å². The first-order valence-corrected chi connectivity index (χ1v) is 8.62. The molecule has 0 aliphatic carbocycles. The normalized spacial score (nSPS) is 10.3. The van der Waals surface area contributed by atoms with E-state index < -0.39 is 0 Å². The smallest absolute Gasteiger partial charge is 0.235 e. The number of thiophene rings is 1. The van der Waals surface area contributed by atoms with Gasteiger partial charge in [-0.2, -0.15) is 0 Å².